The Morgan fingerprint density at radius 3 is 2.82 bits per heavy atom. The maximum Gasteiger partial charge on any atom is 0.262 e. The molecule has 2 aromatic heterocycles. The van der Waals surface area contributed by atoms with Gasteiger partial charge in [-0.1, -0.05) is 31.4 Å². The molecule has 7 heteroatoms. The highest BCUT2D eigenvalue weighted by atomic mass is 35.5. The smallest absolute Gasteiger partial charge is 0.262 e. The first kappa shape index (κ1) is 24.2. The Kier molecular flexibility index (Phi) is 7.46. The van der Waals surface area contributed by atoms with Gasteiger partial charge < -0.3 is 14.6 Å². The minimum atomic E-state index is -0.112. The third kappa shape index (κ3) is 5.13. The van der Waals surface area contributed by atoms with Gasteiger partial charge in [0.15, 0.2) is 0 Å². The zero-order valence-electron chi connectivity index (χ0n) is 20.4. The van der Waals surface area contributed by atoms with E-state index in [1.807, 2.05) is 34.4 Å². The van der Waals surface area contributed by atoms with Gasteiger partial charge in [-0.25, -0.2) is 4.68 Å². The van der Waals surface area contributed by atoms with Crippen LogP contribution >= 0.6 is 11.6 Å². The van der Waals surface area contributed by atoms with E-state index in [0.717, 1.165) is 60.9 Å². The van der Waals surface area contributed by atoms with Crippen LogP contribution in [0, 0.1) is 6.92 Å². The lowest BCUT2D eigenvalue weighted by atomic mass is 10.00. The van der Waals surface area contributed by atoms with Crippen molar-refractivity contribution in [1.29, 1.82) is 0 Å². The van der Waals surface area contributed by atoms with Crippen LogP contribution in [-0.2, 0) is 11.3 Å². The Hall–Kier alpha value is -1.89. The van der Waals surface area contributed by atoms with E-state index in [0.29, 0.717) is 17.0 Å². The van der Waals surface area contributed by atoms with Crippen molar-refractivity contribution in [2.45, 2.75) is 91.0 Å². The number of nitrogens with zero attached hydrogens (tertiary/aromatic N) is 3. The molecule has 180 valence electrons. The summed E-state index contributed by atoms with van der Waals surface area (Å²) in [5, 5.41) is 10.8. The number of fused-ring (bicyclic) bond motifs is 3. The van der Waals surface area contributed by atoms with E-state index in [1.165, 1.54) is 19.3 Å². The maximum absolute atomic E-state index is 13.8. The standard InChI is InChI=1S/C26H37ClN4O2/c1-5-6-8-14-28-26(3,4)13-15-30-21-12-11-19(27)17-20(21)24-23(25(30)32)18(2)31(29-24)22-10-7-9-16-33-22/h11-12,17,22,28H,5-10,13-16H2,1-4H3. The van der Waals surface area contributed by atoms with E-state index in [2.05, 4.69) is 26.1 Å². The molecule has 1 aliphatic heterocycles. The number of aromatic nitrogens is 3. The molecule has 1 fully saturated rings. The first-order valence-electron chi connectivity index (χ1n) is 12.4. The van der Waals surface area contributed by atoms with Crippen molar-refractivity contribution in [3.63, 3.8) is 0 Å². The molecular weight excluding hydrogens is 436 g/mol. The van der Waals surface area contributed by atoms with Gasteiger partial charge in [0, 0.05) is 29.1 Å². The fourth-order valence-electron chi connectivity index (χ4n) is 4.84. The van der Waals surface area contributed by atoms with E-state index in [9.17, 15) is 4.79 Å². The monoisotopic (exact) mass is 472 g/mol. The molecule has 1 aliphatic rings. The quantitative estimate of drug-likeness (QED) is 0.390. The lowest BCUT2D eigenvalue weighted by Crippen LogP contribution is -2.41. The summed E-state index contributed by atoms with van der Waals surface area (Å²) in [6.07, 6.45) is 7.46. The molecule has 1 N–H and O–H groups in total. The van der Waals surface area contributed by atoms with Gasteiger partial charge in [-0.3, -0.25) is 4.79 Å². The van der Waals surface area contributed by atoms with Gasteiger partial charge in [0.1, 0.15) is 11.7 Å². The van der Waals surface area contributed by atoms with E-state index in [-0.39, 0.29) is 17.3 Å². The van der Waals surface area contributed by atoms with Crippen LogP contribution in [0.15, 0.2) is 23.0 Å². The summed E-state index contributed by atoms with van der Waals surface area (Å²) in [6, 6.07) is 5.74. The fourth-order valence-corrected chi connectivity index (χ4v) is 5.01. The number of halogens is 1. The number of aryl methyl sites for hydroxylation is 2. The molecule has 1 atom stereocenters. The van der Waals surface area contributed by atoms with Crippen molar-refractivity contribution in [3.8, 4) is 0 Å². The number of benzene rings is 1. The second kappa shape index (κ2) is 10.2. The number of nitrogens with one attached hydrogen (secondary N) is 1. The van der Waals surface area contributed by atoms with Gasteiger partial charge in [-0.15, -0.1) is 0 Å². The number of rotatable bonds is 9. The molecule has 33 heavy (non-hydrogen) atoms. The van der Waals surface area contributed by atoms with Crippen molar-refractivity contribution in [3.05, 3.63) is 39.3 Å². The van der Waals surface area contributed by atoms with E-state index in [4.69, 9.17) is 21.4 Å². The summed E-state index contributed by atoms with van der Waals surface area (Å²) in [7, 11) is 0. The van der Waals surface area contributed by atoms with Crippen molar-refractivity contribution in [2.75, 3.05) is 13.2 Å². The first-order valence-corrected chi connectivity index (χ1v) is 12.8. The van der Waals surface area contributed by atoms with Crippen molar-refractivity contribution in [1.82, 2.24) is 19.7 Å². The summed E-state index contributed by atoms with van der Waals surface area (Å²) in [5.41, 5.74) is 2.43. The Balaban J connectivity index is 1.74. The van der Waals surface area contributed by atoms with Gasteiger partial charge in [-0.2, -0.15) is 5.10 Å². The van der Waals surface area contributed by atoms with Crippen LogP contribution < -0.4 is 10.9 Å². The predicted molar refractivity (Wildman–Crippen MR) is 136 cm³/mol. The van der Waals surface area contributed by atoms with Gasteiger partial charge in [0.05, 0.1) is 16.6 Å². The molecular formula is C26H37ClN4O2. The molecule has 0 spiro atoms. The van der Waals surface area contributed by atoms with E-state index < -0.39 is 0 Å². The van der Waals surface area contributed by atoms with Gasteiger partial charge >= 0.3 is 0 Å². The lowest BCUT2D eigenvalue weighted by molar-refractivity contribution is -0.0402. The van der Waals surface area contributed by atoms with Crippen molar-refractivity contribution >= 4 is 33.4 Å². The molecule has 1 aromatic carbocycles. The molecule has 6 nitrogen and oxygen atoms in total. The molecule has 0 radical (unpaired) electrons. The highest BCUT2D eigenvalue weighted by Crippen LogP contribution is 2.31. The maximum atomic E-state index is 13.8. The molecule has 0 saturated carbocycles. The number of hydrogen-bond donors (Lipinski definition) is 1. The number of ether oxygens (including phenoxy) is 1. The third-order valence-electron chi connectivity index (χ3n) is 6.89. The second-order valence-corrected chi connectivity index (χ2v) is 10.4. The Bertz CT molecular complexity index is 1170. The minimum Gasteiger partial charge on any atom is -0.357 e. The topological polar surface area (TPSA) is 61.1 Å². The number of hydrogen-bond acceptors (Lipinski definition) is 4. The normalized spacial score (nSPS) is 17.3. The SMILES string of the molecule is CCCCCNC(C)(C)CCn1c(=O)c2c(C)n(C3CCCCO3)nc2c2cc(Cl)ccc21. The number of unbranched alkanes of at least 4 members (excludes halogenated alkanes) is 2. The summed E-state index contributed by atoms with van der Waals surface area (Å²) in [5.74, 6) is 0. The van der Waals surface area contributed by atoms with Crippen LogP contribution in [0.2, 0.25) is 5.02 Å². The highest BCUT2D eigenvalue weighted by molar-refractivity contribution is 6.31. The minimum absolute atomic E-state index is 0.0150. The van der Waals surface area contributed by atoms with Crippen LogP contribution in [0.3, 0.4) is 0 Å². The Labute approximate surface area is 201 Å². The summed E-state index contributed by atoms with van der Waals surface area (Å²) in [4.78, 5) is 13.8. The van der Waals surface area contributed by atoms with Crippen LogP contribution in [0.4, 0.5) is 0 Å². The molecule has 0 aliphatic carbocycles. The van der Waals surface area contributed by atoms with Crippen LogP contribution in [0.1, 0.15) is 77.6 Å². The van der Waals surface area contributed by atoms with Gasteiger partial charge in [0.25, 0.3) is 5.56 Å². The molecule has 0 amide bonds. The van der Waals surface area contributed by atoms with Crippen molar-refractivity contribution in [2.24, 2.45) is 0 Å². The Morgan fingerprint density at radius 2 is 2.09 bits per heavy atom. The molecule has 1 unspecified atom stereocenters. The van der Waals surface area contributed by atoms with Crippen LogP contribution in [0.25, 0.3) is 21.8 Å². The predicted octanol–water partition coefficient (Wildman–Crippen LogP) is 5.96. The van der Waals surface area contributed by atoms with E-state index >= 15 is 0 Å². The third-order valence-corrected chi connectivity index (χ3v) is 7.12. The van der Waals surface area contributed by atoms with Crippen molar-refractivity contribution < 1.29 is 4.74 Å². The average Bonchev–Trinajstić information content (AvgIpc) is 3.15. The fraction of sp³-hybridized carbons (Fsp3) is 0.615. The van der Waals surface area contributed by atoms with E-state index in [1.54, 1.807) is 0 Å². The van der Waals surface area contributed by atoms with Gasteiger partial charge in [-0.05, 0) is 77.6 Å². The molecule has 1 saturated heterocycles. The summed E-state index contributed by atoms with van der Waals surface area (Å²) < 4.78 is 9.80. The second-order valence-electron chi connectivity index (χ2n) is 9.96. The number of pyridine rings is 1. The first-order chi connectivity index (χ1) is 15.8. The van der Waals surface area contributed by atoms with Crippen LogP contribution in [0.5, 0.6) is 0 Å². The molecule has 4 rings (SSSR count). The van der Waals surface area contributed by atoms with Gasteiger partial charge in [0.2, 0.25) is 0 Å². The average molecular weight is 473 g/mol. The molecule has 3 heterocycles. The largest absolute Gasteiger partial charge is 0.357 e. The summed E-state index contributed by atoms with van der Waals surface area (Å²) in [6.45, 7) is 11.0. The molecule has 3 aromatic rings. The summed E-state index contributed by atoms with van der Waals surface area (Å²) >= 11 is 6.38. The highest BCUT2D eigenvalue weighted by Gasteiger charge is 2.25. The lowest BCUT2D eigenvalue weighted by Gasteiger charge is -2.27. The zero-order chi connectivity index (χ0) is 23.6. The Morgan fingerprint density at radius 1 is 1.27 bits per heavy atom. The molecule has 0 bridgehead atoms. The zero-order valence-corrected chi connectivity index (χ0v) is 21.2. The van der Waals surface area contributed by atoms with Crippen LogP contribution in [-0.4, -0.2) is 33.0 Å².